The van der Waals surface area contributed by atoms with Gasteiger partial charge in [-0.25, -0.2) is 0 Å². The molecule has 7 heteroatoms. The number of furan rings is 1. The zero-order chi connectivity index (χ0) is 35.0. The number of aromatic nitrogens is 3. The first-order valence-electron chi connectivity index (χ1n) is 16.8. The summed E-state index contributed by atoms with van der Waals surface area (Å²) in [7, 11) is 0. The standard InChI is InChI=1S/C20H16FN2O.C18H24GeN.Ir/c1-11(2)16-9-17(22-10-12(16)3)15-6-4-5-13-14-7-8-18(21)23-20(14)24-19(13)15;1-14(2)11-16-12-18(15-9-7-6-8-10-15)20-13-17(16)19(3,4)5;/h4-5,7-11H,1-3H3;6-9,12-14H,11H2,1-5H3;/q2*-1;/i3D3,11D;;. The molecule has 0 bridgehead atoms. The Labute approximate surface area is 288 Å². The molecule has 4 heterocycles. The van der Waals surface area contributed by atoms with Gasteiger partial charge in [0.25, 0.3) is 0 Å². The van der Waals surface area contributed by atoms with Crippen molar-refractivity contribution in [1.29, 1.82) is 0 Å². The second kappa shape index (κ2) is 14.5. The molecule has 0 saturated heterocycles. The Balaban J connectivity index is 0.000000229. The van der Waals surface area contributed by atoms with Crippen LogP contribution in [-0.2, 0) is 26.5 Å². The van der Waals surface area contributed by atoms with E-state index in [9.17, 15) is 4.39 Å². The van der Waals surface area contributed by atoms with Crippen molar-refractivity contribution in [2.75, 3.05) is 0 Å². The van der Waals surface area contributed by atoms with Crippen LogP contribution in [0.25, 0.3) is 44.6 Å². The molecule has 0 spiro atoms. The Bertz CT molecular complexity index is 2070. The molecule has 0 aliphatic heterocycles. The Morgan fingerprint density at radius 3 is 2.38 bits per heavy atom. The van der Waals surface area contributed by atoms with Crippen molar-refractivity contribution >= 4 is 39.7 Å². The van der Waals surface area contributed by atoms with E-state index in [-0.39, 0.29) is 31.4 Å². The van der Waals surface area contributed by atoms with Crippen LogP contribution in [0.2, 0.25) is 17.3 Å². The first-order chi connectivity index (χ1) is 22.4. The first-order valence-corrected chi connectivity index (χ1v) is 22.1. The number of hydrogen-bond donors (Lipinski definition) is 0. The molecule has 0 aliphatic rings. The van der Waals surface area contributed by atoms with Gasteiger partial charge in [0.15, 0.2) is 0 Å². The predicted octanol–water partition coefficient (Wildman–Crippen LogP) is 9.70. The molecule has 1 radical (unpaired) electrons. The number of nitrogens with zero attached hydrogens (tertiary/aromatic N) is 3. The Kier molecular flexibility index (Phi) is 9.41. The molecule has 0 N–H and O–H groups in total. The van der Waals surface area contributed by atoms with Crippen molar-refractivity contribution < 1.29 is 34.4 Å². The molecule has 2 aromatic carbocycles. The zero-order valence-corrected chi connectivity index (χ0v) is 31.2. The molecular formula is C38H40FGeIrN3O-2. The number of rotatable bonds is 6. The third-order valence-electron chi connectivity index (χ3n) is 7.37. The number of fused-ring (bicyclic) bond motifs is 3. The van der Waals surface area contributed by atoms with Crippen LogP contribution in [0, 0.1) is 30.9 Å². The largest absolute Gasteiger partial charge is 0.486 e. The number of hydrogen-bond acceptors (Lipinski definition) is 4. The minimum absolute atomic E-state index is 0. The van der Waals surface area contributed by atoms with Crippen molar-refractivity contribution in [1.82, 2.24) is 15.0 Å². The predicted molar refractivity (Wildman–Crippen MR) is 182 cm³/mol. The first kappa shape index (κ1) is 29.2. The third-order valence-corrected chi connectivity index (χ3v) is 11.7. The maximum Gasteiger partial charge on any atom is 0.218 e. The van der Waals surface area contributed by atoms with Crippen molar-refractivity contribution in [3.8, 4) is 22.5 Å². The van der Waals surface area contributed by atoms with E-state index in [0.717, 1.165) is 23.1 Å². The van der Waals surface area contributed by atoms with Gasteiger partial charge in [-0.1, -0.05) is 30.9 Å². The second-order valence-corrected chi connectivity index (χ2v) is 23.2. The summed E-state index contributed by atoms with van der Waals surface area (Å²) in [6.45, 7) is 5.44. The summed E-state index contributed by atoms with van der Waals surface area (Å²) in [5, 5.41) is 1.39. The van der Waals surface area contributed by atoms with E-state index in [1.807, 2.05) is 18.2 Å². The molecule has 6 rings (SSSR count). The summed E-state index contributed by atoms with van der Waals surface area (Å²) in [4.78, 5) is 12.8. The molecule has 4 nitrogen and oxygen atoms in total. The van der Waals surface area contributed by atoms with Gasteiger partial charge < -0.3 is 9.40 Å². The Morgan fingerprint density at radius 1 is 0.933 bits per heavy atom. The topological polar surface area (TPSA) is 51.8 Å². The molecule has 4 aromatic heterocycles. The van der Waals surface area contributed by atoms with E-state index in [4.69, 9.17) is 14.9 Å². The van der Waals surface area contributed by atoms with E-state index in [2.05, 4.69) is 71.5 Å². The quantitative estimate of drug-likeness (QED) is 0.0953. The van der Waals surface area contributed by atoms with Gasteiger partial charge in [-0.3, -0.25) is 0 Å². The van der Waals surface area contributed by atoms with Gasteiger partial charge in [0.1, 0.15) is 0 Å². The van der Waals surface area contributed by atoms with Crippen molar-refractivity contribution in [3.05, 3.63) is 108 Å². The average molecular weight is 843 g/mol. The Morgan fingerprint density at radius 2 is 1.71 bits per heavy atom. The van der Waals surface area contributed by atoms with Gasteiger partial charge >= 0.3 is 126 Å². The van der Waals surface area contributed by atoms with Crippen molar-refractivity contribution in [3.63, 3.8) is 0 Å². The summed E-state index contributed by atoms with van der Waals surface area (Å²) in [5.74, 6) is 6.21. The van der Waals surface area contributed by atoms with Crippen LogP contribution in [0.3, 0.4) is 0 Å². The number of pyridine rings is 3. The molecule has 235 valence electrons. The van der Waals surface area contributed by atoms with E-state index in [0.29, 0.717) is 33.7 Å². The zero-order valence-electron chi connectivity index (χ0n) is 30.7. The second-order valence-electron chi connectivity index (χ2n) is 12.7. The minimum Gasteiger partial charge on any atom is -0.486 e. The molecule has 45 heavy (non-hydrogen) atoms. The van der Waals surface area contributed by atoms with Crippen LogP contribution < -0.4 is 4.40 Å². The summed E-state index contributed by atoms with van der Waals surface area (Å²) >= 11 is -1.86. The number of halogens is 1. The maximum atomic E-state index is 13.5. The van der Waals surface area contributed by atoms with Gasteiger partial charge in [-0.15, -0.1) is 18.2 Å². The number of aryl methyl sites for hydroxylation is 1. The van der Waals surface area contributed by atoms with Gasteiger partial charge in [0.2, 0.25) is 11.7 Å². The molecule has 0 amide bonds. The number of benzene rings is 2. The van der Waals surface area contributed by atoms with E-state index in [1.54, 1.807) is 42.5 Å². The van der Waals surface area contributed by atoms with Gasteiger partial charge in [-0.05, 0) is 41.7 Å². The van der Waals surface area contributed by atoms with Crippen molar-refractivity contribution in [2.24, 2.45) is 5.92 Å². The van der Waals surface area contributed by atoms with Crippen LogP contribution in [0.4, 0.5) is 4.39 Å². The van der Waals surface area contributed by atoms with Crippen LogP contribution in [0.15, 0.2) is 77.5 Å². The van der Waals surface area contributed by atoms with Gasteiger partial charge in [0, 0.05) is 37.2 Å². The summed E-state index contributed by atoms with van der Waals surface area (Å²) in [6, 6.07) is 24.6. The van der Waals surface area contributed by atoms with Gasteiger partial charge in [0.05, 0.1) is 5.58 Å². The summed E-state index contributed by atoms with van der Waals surface area (Å²) < 4.78 is 52.3. The fraction of sp³-hybridized carbons (Fsp3) is 0.289. The normalized spacial score (nSPS) is 13.4. The van der Waals surface area contributed by atoms with Crippen molar-refractivity contribution in [2.45, 2.75) is 64.1 Å². The average Bonchev–Trinajstić information content (AvgIpc) is 3.37. The molecular weight excluding hydrogens is 798 g/mol. The smallest absolute Gasteiger partial charge is 0.218 e. The molecule has 0 saturated carbocycles. The summed E-state index contributed by atoms with van der Waals surface area (Å²) in [5.41, 5.74) is 5.54. The summed E-state index contributed by atoms with van der Waals surface area (Å²) in [6.07, 6.45) is 4.55. The third kappa shape index (κ3) is 7.97. The van der Waals surface area contributed by atoms with E-state index < -0.39 is 32.0 Å². The maximum absolute atomic E-state index is 13.5. The molecule has 0 aliphatic carbocycles. The van der Waals surface area contributed by atoms with Crippen LogP contribution in [-0.4, -0.2) is 28.2 Å². The van der Waals surface area contributed by atoms with Crippen LogP contribution in [0.5, 0.6) is 0 Å². The SMILES string of the molecule is CC(C)Cc1cc(-c2[c-]cccc2)nc[c]1[Ge]([CH3])([CH3])[CH3].[2H]C([2H])([2H])c1cnc(-c2[c-]ccc3c2oc2nc(F)ccc23)cc1C([2H])(C)C.[Ir]. The van der Waals surface area contributed by atoms with Crippen LogP contribution >= 0.6 is 0 Å². The fourth-order valence-corrected chi connectivity index (χ4v) is 8.61. The molecule has 0 atom stereocenters. The molecule has 0 unspecified atom stereocenters. The molecule has 6 aromatic rings. The van der Waals surface area contributed by atoms with E-state index in [1.165, 1.54) is 17.8 Å². The molecule has 0 fully saturated rings. The van der Waals surface area contributed by atoms with Gasteiger partial charge in [-0.2, -0.15) is 9.37 Å². The van der Waals surface area contributed by atoms with Crippen LogP contribution in [0.1, 0.15) is 55.8 Å². The van der Waals surface area contributed by atoms with E-state index >= 15 is 0 Å². The fourth-order valence-electron chi connectivity index (χ4n) is 5.28. The Hall–Kier alpha value is -3.19. The minimum atomic E-state index is -2.38. The monoisotopic (exact) mass is 844 g/mol.